The van der Waals surface area contributed by atoms with Crippen molar-refractivity contribution >= 4 is 5.91 Å². The molecule has 2 aromatic rings. The summed E-state index contributed by atoms with van der Waals surface area (Å²) in [6.07, 6.45) is 4.25. The van der Waals surface area contributed by atoms with Crippen LogP contribution in [-0.2, 0) is 11.2 Å². The van der Waals surface area contributed by atoms with Gasteiger partial charge in [-0.1, -0.05) is 12.1 Å². The molecule has 0 unspecified atom stereocenters. The number of amides is 1. The second-order valence-corrected chi connectivity index (χ2v) is 7.46. The van der Waals surface area contributed by atoms with Crippen molar-refractivity contribution in [2.45, 2.75) is 44.1 Å². The van der Waals surface area contributed by atoms with E-state index in [0.29, 0.717) is 25.4 Å². The van der Waals surface area contributed by atoms with Crippen LogP contribution < -0.4 is 10.3 Å². The summed E-state index contributed by atoms with van der Waals surface area (Å²) in [5.74, 6) is 1.41. The van der Waals surface area contributed by atoms with Gasteiger partial charge >= 0.3 is 0 Å². The van der Waals surface area contributed by atoms with Gasteiger partial charge in [0.05, 0.1) is 25.3 Å². The Morgan fingerprint density at radius 3 is 2.63 bits per heavy atom. The number of hydrogen-bond acceptors (Lipinski definition) is 4. The summed E-state index contributed by atoms with van der Waals surface area (Å²) >= 11 is 0. The molecule has 1 aromatic carbocycles. The van der Waals surface area contributed by atoms with Gasteiger partial charge in [-0.25, -0.2) is 4.68 Å². The number of hydrogen-bond donors (Lipinski definition) is 0. The molecule has 0 N–H and O–H groups in total. The SMILES string of the molecule is COc1cccc(CC(=O)N2CCC(n3nc(C4CC4)ccc3=O)CC2)c1. The lowest BCUT2D eigenvalue weighted by molar-refractivity contribution is -0.131. The Labute approximate surface area is 158 Å². The maximum absolute atomic E-state index is 12.6. The van der Waals surface area contributed by atoms with E-state index >= 15 is 0 Å². The molecule has 6 heteroatoms. The monoisotopic (exact) mass is 367 g/mol. The summed E-state index contributed by atoms with van der Waals surface area (Å²) in [6, 6.07) is 11.2. The molecule has 6 nitrogen and oxygen atoms in total. The van der Waals surface area contributed by atoms with Gasteiger partial charge in [0.2, 0.25) is 5.91 Å². The van der Waals surface area contributed by atoms with E-state index in [-0.39, 0.29) is 17.5 Å². The van der Waals surface area contributed by atoms with E-state index < -0.39 is 0 Å². The van der Waals surface area contributed by atoms with Gasteiger partial charge in [-0.05, 0) is 49.4 Å². The summed E-state index contributed by atoms with van der Waals surface area (Å²) in [6.45, 7) is 1.32. The molecular formula is C21H25N3O3. The fraction of sp³-hybridized carbons (Fsp3) is 0.476. The van der Waals surface area contributed by atoms with Crippen molar-refractivity contribution in [3.63, 3.8) is 0 Å². The first-order valence-electron chi connectivity index (χ1n) is 9.64. The molecular weight excluding hydrogens is 342 g/mol. The summed E-state index contributed by atoms with van der Waals surface area (Å²) in [7, 11) is 1.62. The normalized spacial score (nSPS) is 17.7. The van der Waals surface area contributed by atoms with Crippen LogP contribution in [0.2, 0.25) is 0 Å². The molecule has 2 aliphatic rings. The number of rotatable bonds is 5. The predicted molar refractivity (Wildman–Crippen MR) is 102 cm³/mol. The quantitative estimate of drug-likeness (QED) is 0.815. The number of carbonyl (C=O) groups excluding carboxylic acids is 1. The summed E-state index contributed by atoms with van der Waals surface area (Å²) in [5.41, 5.74) is 1.95. The van der Waals surface area contributed by atoms with Crippen molar-refractivity contribution in [2.24, 2.45) is 0 Å². The molecule has 0 spiro atoms. The third-order valence-corrected chi connectivity index (χ3v) is 5.49. The number of ether oxygens (including phenoxy) is 1. The minimum absolute atomic E-state index is 0.0412. The molecule has 142 valence electrons. The van der Waals surface area contributed by atoms with Gasteiger partial charge in [0.1, 0.15) is 5.75 Å². The molecule has 2 heterocycles. The average Bonchev–Trinajstić information content (AvgIpc) is 3.54. The summed E-state index contributed by atoms with van der Waals surface area (Å²) < 4.78 is 6.87. The molecule has 0 bridgehead atoms. The van der Waals surface area contributed by atoms with Gasteiger partial charge in [-0.15, -0.1) is 0 Å². The number of piperidine rings is 1. The molecule has 4 rings (SSSR count). The second kappa shape index (κ2) is 7.55. The third kappa shape index (κ3) is 4.04. The minimum atomic E-state index is -0.0412. The van der Waals surface area contributed by atoms with Gasteiger partial charge in [0.15, 0.2) is 0 Å². The van der Waals surface area contributed by atoms with Crippen LogP contribution in [0.3, 0.4) is 0 Å². The Morgan fingerprint density at radius 1 is 1.15 bits per heavy atom. The Hall–Kier alpha value is -2.63. The molecule has 27 heavy (non-hydrogen) atoms. The van der Waals surface area contributed by atoms with Crippen molar-refractivity contribution in [1.29, 1.82) is 0 Å². The van der Waals surface area contributed by atoms with E-state index in [9.17, 15) is 9.59 Å². The highest BCUT2D eigenvalue weighted by Crippen LogP contribution is 2.38. The average molecular weight is 367 g/mol. The van der Waals surface area contributed by atoms with Crippen LogP contribution >= 0.6 is 0 Å². The van der Waals surface area contributed by atoms with Crippen LogP contribution in [0.1, 0.15) is 48.9 Å². The molecule has 1 saturated carbocycles. The number of methoxy groups -OCH3 is 1. The van der Waals surface area contributed by atoms with Crippen LogP contribution in [0.4, 0.5) is 0 Å². The first-order valence-corrected chi connectivity index (χ1v) is 9.64. The Kier molecular flexibility index (Phi) is 4.97. The Morgan fingerprint density at radius 2 is 1.93 bits per heavy atom. The number of nitrogens with zero attached hydrogens (tertiary/aromatic N) is 3. The lowest BCUT2D eigenvalue weighted by Gasteiger charge is -2.32. The maximum atomic E-state index is 12.6. The highest BCUT2D eigenvalue weighted by molar-refractivity contribution is 5.79. The summed E-state index contributed by atoms with van der Waals surface area (Å²) in [5, 5.41) is 4.60. The highest BCUT2D eigenvalue weighted by atomic mass is 16.5. The Bertz CT molecular complexity index is 880. The fourth-order valence-corrected chi connectivity index (χ4v) is 3.73. The van der Waals surface area contributed by atoms with Gasteiger partial charge in [-0.3, -0.25) is 9.59 Å². The second-order valence-electron chi connectivity index (χ2n) is 7.46. The van der Waals surface area contributed by atoms with Gasteiger partial charge in [0.25, 0.3) is 5.56 Å². The Balaban J connectivity index is 1.38. The largest absolute Gasteiger partial charge is 0.497 e. The van der Waals surface area contributed by atoms with Crippen LogP contribution in [0, 0.1) is 0 Å². The zero-order chi connectivity index (χ0) is 18.8. The number of carbonyl (C=O) groups is 1. The van der Waals surface area contributed by atoms with Gasteiger partial charge in [0, 0.05) is 25.1 Å². The van der Waals surface area contributed by atoms with Gasteiger partial charge in [-0.2, -0.15) is 5.10 Å². The zero-order valence-electron chi connectivity index (χ0n) is 15.6. The highest BCUT2D eigenvalue weighted by Gasteiger charge is 2.28. The number of likely N-dealkylation sites (tertiary alicyclic amines) is 1. The van der Waals surface area contributed by atoms with E-state index in [1.807, 2.05) is 35.2 Å². The molecule has 1 amide bonds. The van der Waals surface area contributed by atoms with E-state index in [1.54, 1.807) is 17.9 Å². The minimum Gasteiger partial charge on any atom is -0.497 e. The van der Waals surface area contributed by atoms with E-state index in [1.165, 1.54) is 12.8 Å². The van der Waals surface area contributed by atoms with E-state index in [4.69, 9.17) is 4.74 Å². The maximum Gasteiger partial charge on any atom is 0.267 e. The van der Waals surface area contributed by atoms with Crippen LogP contribution in [0.15, 0.2) is 41.2 Å². The number of aromatic nitrogens is 2. The molecule has 1 aromatic heterocycles. The number of benzene rings is 1. The van der Waals surface area contributed by atoms with Crippen molar-refractivity contribution in [3.05, 3.63) is 58.0 Å². The molecule has 2 fully saturated rings. The van der Waals surface area contributed by atoms with Gasteiger partial charge < -0.3 is 9.64 Å². The summed E-state index contributed by atoms with van der Waals surface area (Å²) in [4.78, 5) is 26.8. The van der Waals surface area contributed by atoms with E-state index in [2.05, 4.69) is 5.10 Å². The van der Waals surface area contributed by atoms with Crippen LogP contribution in [-0.4, -0.2) is 40.8 Å². The standard InChI is InChI=1S/C21H25N3O3/c1-27-18-4-2-3-15(13-18)14-21(26)23-11-9-17(10-12-23)24-20(25)8-7-19(22-24)16-5-6-16/h2-4,7-8,13,16-17H,5-6,9-12,14H2,1H3. The third-order valence-electron chi connectivity index (χ3n) is 5.49. The first-order chi connectivity index (χ1) is 13.1. The predicted octanol–water partition coefficient (Wildman–Crippen LogP) is 2.54. The van der Waals surface area contributed by atoms with Crippen LogP contribution in [0.25, 0.3) is 0 Å². The zero-order valence-corrected chi connectivity index (χ0v) is 15.6. The lowest BCUT2D eigenvalue weighted by Crippen LogP contribution is -2.42. The van der Waals surface area contributed by atoms with E-state index in [0.717, 1.165) is 29.8 Å². The molecule has 1 saturated heterocycles. The van der Waals surface area contributed by atoms with Crippen molar-refractivity contribution in [3.8, 4) is 5.75 Å². The molecule has 1 aliphatic heterocycles. The fourth-order valence-electron chi connectivity index (χ4n) is 3.73. The topological polar surface area (TPSA) is 64.4 Å². The molecule has 0 radical (unpaired) electrons. The molecule has 0 atom stereocenters. The lowest BCUT2D eigenvalue weighted by atomic mass is 10.0. The van der Waals surface area contributed by atoms with Crippen molar-refractivity contribution < 1.29 is 9.53 Å². The smallest absolute Gasteiger partial charge is 0.267 e. The van der Waals surface area contributed by atoms with Crippen LogP contribution in [0.5, 0.6) is 5.75 Å². The first kappa shape index (κ1) is 17.8. The van der Waals surface area contributed by atoms with Crippen molar-refractivity contribution in [1.82, 2.24) is 14.7 Å². The molecule has 1 aliphatic carbocycles. The van der Waals surface area contributed by atoms with Crippen molar-refractivity contribution in [2.75, 3.05) is 20.2 Å².